The van der Waals surface area contributed by atoms with Gasteiger partial charge in [-0.3, -0.25) is 9.52 Å². The fourth-order valence-electron chi connectivity index (χ4n) is 3.76. The summed E-state index contributed by atoms with van der Waals surface area (Å²) in [4.78, 5) is 23.2. The van der Waals surface area contributed by atoms with Crippen molar-refractivity contribution < 1.29 is 13.2 Å². The molecule has 4 aromatic carbocycles. The Morgan fingerprint density at radius 3 is 2.38 bits per heavy atom. The van der Waals surface area contributed by atoms with E-state index in [9.17, 15) is 18.1 Å². The van der Waals surface area contributed by atoms with Crippen molar-refractivity contribution in [2.24, 2.45) is 5.18 Å². The van der Waals surface area contributed by atoms with Crippen LogP contribution in [0.25, 0.3) is 21.5 Å². The number of rotatable bonds is 4. The number of nitrogens with one attached hydrogen (secondary N) is 2. The summed E-state index contributed by atoms with van der Waals surface area (Å²) >= 11 is 0. The molecule has 8 heteroatoms. The standard InChI is InChI=1S/C21H13N3O4S/c25-21-15-7-1-6-14-19(11-10-18(22-21)20(14)15)29(27,28)24-17-9-3-4-12-13(17)5-2-8-16(12)23-26/h1-11,24H,(H,22,25). The first kappa shape index (κ1) is 17.3. The van der Waals surface area contributed by atoms with Gasteiger partial charge in [0.05, 0.1) is 10.6 Å². The first-order chi connectivity index (χ1) is 14.0. The molecular weight excluding hydrogens is 390 g/mol. The fourth-order valence-corrected chi connectivity index (χ4v) is 5.04. The van der Waals surface area contributed by atoms with Crippen molar-refractivity contribution >= 4 is 54.5 Å². The molecule has 2 N–H and O–H groups in total. The lowest BCUT2D eigenvalue weighted by molar-refractivity contribution is 0.103. The molecule has 0 fully saturated rings. The number of carbonyl (C=O) groups is 1. The summed E-state index contributed by atoms with van der Waals surface area (Å²) in [6.07, 6.45) is 0. The molecule has 0 radical (unpaired) electrons. The SMILES string of the molecule is O=Nc1cccc2c(NS(=O)(=O)c3ccc4c5c(cccc35)C(=O)N4)cccc12. The Bertz CT molecular complexity index is 1460. The molecule has 0 saturated heterocycles. The molecule has 0 saturated carbocycles. The summed E-state index contributed by atoms with van der Waals surface area (Å²) < 4.78 is 29.1. The van der Waals surface area contributed by atoms with Crippen molar-refractivity contribution in [1.29, 1.82) is 0 Å². The van der Waals surface area contributed by atoms with Crippen LogP contribution >= 0.6 is 0 Å². The molecule has 1 aliphatic rings. The van der Waals surface area contributed by atoms with E-state index in [1.54, 1.807) is 60.7 Å². The maximum atomic E-state index is 13.2. The third-order valence-corrected chi connectivity index (χ3v) is 6.45. The van der Waals surface area contributed by atoms with Gasteiger partial charge in [0.2, 0.25) is 0 Å². The quantitative estimate of drug-likeness (QED) is 0.479. The number of nitroso groups, excluding NO2 is 1. The Labute approximate surface area is 165 Å². The smallest absolute Gasteiger partial charge is 0.262 e. The van der Waals surface area contributed by atoms with E-state index in [1.165, 1.54) is 6.07 Å². The van der Waals surface area contributed by atoms with Gasteiger partial charge in [-0.15, -0.1) is 4.91 Å². The number of sulfonamides is 1. The number of anilines is 2. The monoisotopic (exact) mass is 403 g/mol. The van der Waals surface area contributed by atoms with E-state index >= 15 is 0 Å². The Morgan fingerprint density at radius 1 is 0.828 bits per heavy atom. The highest BCUT2D eigenvalue weighted by Crippen LogP contribution is 2.38. The summed E-state index contributed by atoms with van der Waals surface area (Å²) in [5, 5.41) is 7.91. The van der Waals surface area contributed by atoms with Crippen LogP contribution in [0.3, 0.4) is 0 Å². The van der Waals surface area contributed by atoms with Gasteiger partial charge in [-0.05, 0) is 35.5 Å². The molecule has 1 heterocycles. The molecule has 0 spiro atoms. The normalized spacial score (nSPS) is 12.9. The molecule has 0 aliphatic carbocycles. The van der Waals surface area contributed by atoms with Crippen LogP contribution in [0.1, 0.15) is 10.4 Å². The van der Waals surface area contributed by atoms with Crippen molar-refractivity contribution in [1.82, 2.24) is 0 Å². The molecule has 7 nitrogen and oxygen atoms in total. The number of fused-ring (bicyclic) bond motifs is 1. The highest BCUT2D eigenvalue weighted by atomic mass is 32.2. The molecule has 0 atom stereocenters. The lowest BCUT2D eigenvalue weighted by Crippen LogP contribution is -2.13. The van der Waals surface area contributed by atoms with Crippen molar-refractivity contribution in [2.75, 3.05) is 10.0 Å². The Hall–Kier alpha value is -3.78. The van der Waals surface area contributed by atoms with E-state index < -0.39 is 10.0 Å². The molecule has 0 unspecified atom stereocenters. The lowest BCUT2D eigenvalue weighted by Gasteiger charge is -2.13. The molecule has 0 bridgehead atoms. The zero-order valence-corrected chi connectivity index (χ0v) is 15.7. The van der Waals surface area contributed by atoms with Crippen LogP contribution in [0.4, 0.5) is 17.1 Å². The molecule has 142 valence electrons. The maximum Gasteiger partial charge on any atom is 0.262 e. The number of hydrogen-bond acceptors (Lipinski definition) is 5. The van der Waals surface area contributed by atoms with Gasteiger partial charge in [0.1, 0.15) is 5.69 Å². The number of carbonyl (C=O) groups excluding carboxylic acids is 1. The third-order valence-electron chi connectivity index (χ3n) is 5.02. The predicted molar refractivity (Wildman–Crippen MR) is 112 cm³/mol. The summed E-state index contributed by atoms with van der Waals surface area (Å²) in [5.41, 5.74) is 1.61. The van der Waals surface area contributed by atoms with Crippen LogP contribution < -0.4 is 10.0 Å². The summed E-state index contributed by atoms with van der Waals surface area (Å²) in [6, 6.07) is 18.0. The van der Waals surface area contributed by atoms with Crippen molar-refractivity contribution in [3.8, 4) is 0 Å². The van der Waals surface area contributed by atoms with E-state index in [0.717, 1.165) is 0 Å². The summed E-state index contributed by atoms with van der Waals surface area (Å²) in [5.74, 6) is -0.254. The Balaban J connectivity index is 1.68. The topological polar surface area (TPSA) is 105 Å². The van der Waals surface area contributed by atoms with Crippen LogP contribution in [-0.2, 0) is 10.0 Å². The van der Waals surface area contributed by atoms with Crippen molar-refractivity contribution in [2.45, 2.75) is 4.90 Å². The van der Waals surface area contributed by atoms with E-state index in [-0.39, 0.29) is 16.5 Å². The first-order valence-electron chi connectivity index (χ1n) is 8.74. The molecule has 5 rings (SSSR count). The fraction of sp³-hybridized carbons (Fsp3) is 0. The summed E-state index contributed by atoms with van der Waals surface area (Å²) in [6.45, 7) is 0. The first-order valence-corrected chi connectivity index (χ1v) is 10.2. The zero-order valence-electron chi connectivity index (χ0n) is 14.8. The minimum absolute atomic E-state index is 0.0660. The van der Waals surface area contributed by atoms with Crippen LogP contribution in [0.15, 0.2) is 76.8 Å². The van der Waals surface area contributed by atoms with Crippen molar-refractivity contribution in [3.05, 3.63) is 77.2 Å². The molecule has 4 aromatic rings. The predicted octanol–water partition coefficient (Wildman–Crippen LogP) is 4.76. The van der Waals surface area contributed by atoms with Gasteiger partial charge in [0, 0.05) is 32.8 Å². The van der Waals surface area contributed by atoms with E-state index in [2.05, 4.69) is 15.2 Å². The maximum absolute atomic E-state index is 13.2. The van der Waals surface area contributed by atoms with E-state index in [4.69, 9.17) is 0 Å². The van der Waals surface area contributed by atoms with Crippen LogP contribution in [0.2, 0.25) is 0 Å². The van der Waals surface area contributed by atoms with Gasteiger partial charge in [0.25, 0.3) is 15.9 Å². The Morgan fingerprint density at radius 2 is 1.55 bits per heavy atom. The van der Waals surface area contributed by atoms with E-state index in [1.807, 2.05) is 0 Å². The second-order valence-electron chi connectivity index (χ2n) is 6.67. The largest absolute Gasteiger partial charge is 0.321 e. The summed E-state index contributed by atoms with van der Waals surface area (Å²) in [7, 11) is -3.97. The minimum atomic E-state index is -3.97. The molecule has 0 aromatic heterocycles. The number of hydrogen-bond donors (Lipinski definition) is 2. The van der Waals surface area contributed by atoms with E-state index in [0.29, 0.717) is 38.5 Å². The van der Waals surface area contributed by atoms with Crippen LogP contribution in [0.5, 0.6) is 0 Å². The Kier molecular flexibility index (Phi) is 3.65. The van der Waals surface area contributed by atoms with Crippen molar-refractivity contribution in [3.63, 3.8) is 0 Å². The van der Waals surface area contributed by atoms with Gasteiger partial charge in [-0.25, -0.2) is 8.42 Å². The van der Waals surface area contributed by atoms with Crippen LogP contribution in [0, 0.1) is 4.91 Å². The average Bonchev–Trinajstić information content (AvgIpc) is 3.05. The minimum Gasteiger partial charge on any atom is -0.321 e. The number of benzene rings is 4. The van der Waals surface area contributed by atoms with Gasteiger partial charge >= 0.3 is 0 Å². The molecule has 1 amide bonds. The van der Waals surface area contributed by atoms with Gasteiger partial charge < -0.3 is 5.32 Å². The molecule has 29 heavy (non-hydrogen) atoms. The number of amides is 1. The molecular formula is C21H13N3O4S. The average molecular weight is 403 g/mol. The third kappa shape index (κ3) is 2.57. The highest BCUT2D eigenvalue weighted by Gasteiger charge is 2.26. The second kappa shape index (κ2) is 6.11. The lowest BCUT2D eigenvalue weighted by atomic mass is 10.1. The highest BCUT2D eigenvalue weighted by molar-refractivity contribution is 7.93. The number of nitrogens with zero attached hydrogens (tertiary/aromatic N) is 1. The second-order valence-corrected chi connectivity index (χ2v) is 8.32. The van der Waals surface area contributed by atoms with Gasteiger partial charge in [-0.1, -0.05) is 36.4 Å². The van der Waals surface area contributed by atoms with Crippen LogP contribution in [-0.4, -0.2) is 14.3 Å². The van der Waals surface area contributed by atoms with Gasteiger partial charge in [-0.2, -0.15) is 0 Å². The zero-order chi connectivity index (χ0) is 20.2. The van der Waals surface area contributed by atoms with Gasteiger partial charge in [0.15, 0.2) is 0 Å². The molecule has 1 aliphatic heterocycles.